The van der Waals surface area contributed by atoms with E-state index in [0.29, 0.717) is 16.8 Å². The van der Waals surface area contributed by atoms with E-state index < -0.39 is 21.7 Å². The van der Waals surface area contributed by atoms with Crippen LogP contribution in [0.2, 0.25) is 0 Å². The number of nitrogens with one attached hydrogen (secondary N) is 1. The smallest absolute Gasteiger partial charge is 0.255 e. The van der Waals surface area contributed by atoms with Gasteiger partial charge in [0.15, 0.2) is 0 Å². The third kappa shape index (κ3) is 4.49. The Labute approximate surface area is 177 Å². The van der Waals surface area contributed by atoms with Gasteiger partial charge in [-0.2, -0.15) is 0 Å². The molecule has 3 rings (SSSR count). The van der Waals surface area contributed by atoms with Gasteiger partial charge in [-0.1, -0.05) is 0 Å². The lowest BCUT2D eigenvalue weighted by molar-refractivity contribution is 0.102. The number of rotatable bonds is 5. The lowest BCUT2D eigenvalue weighted by atomic mass is 10.1. The van der Waals surface area contributed by atoms with Crippen molar-refractivity contribution in [3.8, 4) is 0 Å². The summed E-state index contributed by atoms with van der Waals surface area (Å²) in [6.45, 7) is 5.18. The van der Waals surface area contributed by atoms with E-state index in [9.17, 15) is 17.6 Å². The molecule has 30 heavy (non-hydrogen) atoms. The Kier molecular flexibility index (Phi) is 6.47. The summed E-state index contributed by atoms with van der Waals surface area (Å²) in [4.78, 5) is 15.2. The lowest BCUT2D eigenvalue weighted by Crippen LogP contribution is -2.30. The van der Waals surface area contributed by atoms with Crippen LogP contribution in [0.25, 0.3) is 0 Å². The molecule has 1 aliphatic rings. The van der Waals surface area contributed by atoms with Crippen molar-refractivity contribution in [1.82, 2.24) is 4.31 Å². The third-order valence-corrected chi connectivity index (χ3v) is 7.49. The molecule has 162 valence electrons. The van der Waals surface area contributed by atoms with Gasteiger partial charge in [0, 0.05) is 32.7 Å². The summed E-state index contributed by atoms with van der Waals surface area (Å²) in [7, 11) is -0.800. The van der Waals surface area contributed by atoms with Crippen LogP contribution in [-0.4, -0.2) is 45.8 Å². The number of piperidine rings is 1. The zero-order chi connectivity index (χ0) is 22.1. The zero-order valence-corrected chi connectivity index (χ0v) is 18.6. The van der Waals surface area contributed by atoms with Gasteiger partial charge in [-0.05, 0) is 74.6 Å². The van der Waals surface area contributed by atoms with Gasteiger partial charge in [0.25, 0.3) is 5.91 Å². The fourth-order valence-electron chi connectivity index (χ4n) is 3.64. The molecule has 8 heteroatoms. The minimum atomic E-state index is -3.71. The first kappa shape index (κ1) is 22.2. The maximum atomic E-state index is 13.9. The van der Waals surface area contributed by atoms with Crippen LogP contribution in [0.1, 0.15) is 40.7 Å². The number of hydrogen-bond donors (Lipinski definition) is 1. The quantitative estimate of drug-likeness (QED) is 0.776. The highest BCUT2D eigenvalue weighted by atomic mass is 32.2. The fourth-order valence-corrected chi connectivity index (χ4v) is 4.85. The molecule has 1 fully saturated rings. The Morgan fingerprint density at radius 1 is 1.07 bits per heavy atom. The third-order valence-electron chi connectivity index (χ3n) is 5.54. The van der Waals surface area contributed by atoms with Crippen molar-refractivity contribution in [2.24, 2.45) is 0 Å². The van der Waals surface area contributed by atoms with Gasteiger partial charge in [-0.15, -0.1) is 0 Å². The second-order valence-electron chi connectivity index (χ2n) is 7.87. The van der Waals surface area contributed by atoms with Crippen LogP contribution in [0.15, 0.2) is 35.2 Å². The van der Waals surface area contributed by atoms with Crippen molar-refractivity contribution in [2.45, 2.75) is 38.0 Å². The SMILES string of the molecule is Cc1cc(C(=O)Nc2cc(F)ccc2N2CCCCC2)cc(S(=O)(=O)N(C)C)c1C. The van der Waals surface area contributed by atoms with Crippen molar-refractivity contribution in [1.29, 1.82) is 0 Å². The van der Waals surface area contributed by atoms with Gasteiger partial charge in [-0.25, -0.2) is 17.1 Å². The molecule has 6 nitrogen and oxygen atoms in total. The molecule has 0 atom stereocenters. The molecule has 1 saturated heterocycles. The van der Waals surface area contributed by atoms with Gasteiger partial charge in [0.1, 0.15) is 5.82 Å². The molecule has 2 aromatic carbocycles. The number of carbonyl (C=O) groups excluding carboxylic acids is 1. The van der Waals surface area contributed by atoms with E-state index in [1.165, 1.54) is 32.3 Å². The molecular weight excluding hydrogens is 405 g/mol. The standard InChI is InChI=1S/C22H28FN3O3S/c1-15-12-17(13-21(16(15)2)30(28,29)25(3)4)22(27)24-19-14-18(23)8-9-20(19)26-10-6-5-7-11-26/h8-9,12-14H,5-7,10-11H2,1-4H3,(H,24,27). The molecule has 0 unspecified atom stereocenters. The van der Waals surface area contributed by atoms with Crippen molar-refractivity contribution in [2.75, 3.05) is 37.4 Å². The van der Waals surface area contributed by atoms with Crippen molar-refractivity contribution >= 4 is 27.3 Å². The van der Waals surface area contributed by atoms with E-state index in [2.05, 4.69) is 10.2 Å². The fraction of sp³-hybridized carbons (Fsp3) is 0.409. The molecule has 0 bridgehead atoms. The molecule has 0 spiro atoms. The van der Waals surface area contributed by atoms with E-state index in [1.54, 1.807) is 26.0 Å². The van der Waals surface area contributed by atoms with Crippen LogP contribution >= 0.6 is 0 Å². The first-order chi connectivity index (χ1) is 14.1. The van der Waals surface area contributed by atoms with Crippen LogP contribution in [-0.2, 0) is 10.0 Å². The van der Waals surface area contributed by atoms with E-state index in [0.717, 1.165) is 42.3 Å². The Bertz CT molecular complexity index is 1060. The molecular formula is C22H28FN3O3S. The van der Waals surface area contributed by atoms with Crippen LogP contribution in [0, 0.1) is 19.7 Å². The summed E-state index contributed by atoms with van der Waals surface area (Å²) >= 11 is 0. The van der Waals surface area contributed by atoms with Gasteiger partial charge in [-0.3, -0.25) is 4.79 Å². The highest BCUT2D eigenvalue weighted by Crippen LogP contribution is 2.30. The van der Waals surface area contributed by atoms with Crippen LogP contribution in [0.3, 0.4) is 0 Å². The minimum Gasteiger partial charge on any atom is -0.370 e. The average Bonchev–Trinajstić information content (AvgIpc) is 2.70. The Balaban J connectivity index is 1.97. The summed E-state index contributed by atoms with van der Waals surface area (Å²) in [6, 6.07) is 7.41. The maximum Gasteiger partial charge on any atom is 0.255 e. The number of aryl methyl sites for hydroxylation is 1. The van der Waals surface area contributed by atoms with Gasteiger partial charge in [0.05, 0.1) is 16.3 Å². The number of benzene rings is 2. The predicted molar refractivity (Wildman–Crippen MR) is 117 cm³/mol. The molecule has 1 amide bonds. The second kappa shape index (κ2) is 8.73. The van der Waals surface area contributed by atoms with Gasteiger partial charge in [0.2, 0.25) is 10.0 Å². The topological polar surface area (TPSA) is 69.7 Å². The van der Waals surface area contributed by atoms with E-state index in [4.69, 9.17) is 0 Å². The Morgan fingerprint density at radius 2 is 1.73 bits per heavy atom. The number of nitrogens with zero attached hydrogens (tertiary/aromatic N) is 2. The van der Waals surface area contributed by atoms with Gasteiger partial charge < -0.3 is 10.2 Å². The van der Waals surface area contributed by atoms with Crippen LogP contribution < -0.4 is 10.2 Å². The average molecular weight is 434 g/mol. The largest absolute Gasteiger partial charge is 0.370 e. The molecule has 0 aliphatic carbocycles. The first-order valence-electron chi connectivity index (χ1n) is 10.0. The highest BCUT2D eigenvalue weighted by Gasteiger charge is 2.24. The molecule has 1 heterocycles. The number of carbonyl (C=O) groups is 1. The first-order valence-corrected chi connectivity index (χ1v) is 11.4. The Hall–Kier alpha value is -2.45. The highest BCUT2D eigenvalue weighted by molar-refractivity contribution is 7.89. The number of amides is 1. The lowest BCUT2D eigenvalue weighted by Gasteiger charge is -2.30. The minimum absolute atomic E-state index is 0.0909. The molecule has 0 aromatic heterocycles. The van der Waals surface area contributed by atoms with Crippen LogP contribution in [0.4, 0.5) is 15.8 Å². The predicted octanol–water partition coefficient (Wildman–Crippen LogP) is 3.94. The summed E-state index contributed by atoms with van der Waals surface area (Å²) in [5.41, 5.74) is 2.66. The Morgan fingerprint density at radius 3 is 2.37 bits per heavy atom. The number of anilines is 2. The summed E-state index contributed by atoms with van der Waals surface area (Å²) in [5, 5.41) is 2.79. The van der Waals surface area contributed by atoms with Gasteiger partial charge >= 0.3 is 0 Å². The maximum absolute atomic E-state index is 13.9. The number of halogens is 1. The molecule has 0 radical (unpaired) electrons. The molecule has 1 N–H and O–H groups in total. The van der Waals surface area contributed by atoms with E-state index in [1.807, 2.05) is 0 Å². The zero-order valence-electron chi connectivity index (χ0n) is 17.8. The van der Waals surface area contributed by atoms with E-state index >= 15 is 0 Å². The monoisotopic (exact) mass is 433 g/mol. The molecule has 0 saturated carbocycles. The normalized spacial score (nSPS) is 14.8. The van der Waals surface area contributed by atoms with Crippen molar-refractivity contribution in [3.05, 3.63) is 52.8 Å². The summed E-state index contributed by atoms with van der Waals surface area (Å²) < 4.78 is 40.4. The van der Waals surface area contributed by atoms with Crippen molar-refractivity contribution in [3.63, 3.8) is 0 Å². The number of sulfonamides is 1. The van der Waals surface area contributed by atoms with E-state index in [-0.39, 0.29) is 10.5 Å². The summed E-state index contributed by atoms with van der Waals surface area (Å²) in [5.74, 6) is -0.917. The van der Waals surface area contributed by atoms with Crippen molar-refractivity contribution < 1.29 is 17.6 Å². The second-order valence-corrected chi connectivity index (χ2v) is 9.99. The summed E-state index contributed by atoms with van der Waals surface area (Å²) in [6.07, 6.45) is 3.26. The number of hydrogen-bond acceptors (Lipinski definition) is 4. The van der Waals surface area contributed by atoms with Crippen LogP contribution in [0.5, 0.6) is 0 Å². The molecule has 2 aromatic rings. The molecule has 1 aliphatic heterocycles.